The van der Waals surface area contributed by atoms with Gasteiger partial charge in [-0.3, -0.25) is 0 Å². The minimum absolute atomic E-state index is 0.638. The van der Waals surface area contributed by atoms with Gasteiger partial charge in [0.05, 0.1) is 5.69 Å². The first-order valence-electron chi connectivity index (χ1n) is 6.00. The first kappa shape index (κ1) is 9.40. The second-order valence-electron chi connectivity index (χ2n) is 4.89. The quantitative estimate of drug-likeness (QED) is 0.822. The van der Waals surface area contributed by atoms with E-state index in [1.165, 1.54) is 25.0 Å². The number of nitrogens with one attached hydrogen (secondary N) is 1. The van der Waals surface area contributed by atoms with Crippen molar-refractivity contribution in [2.45, 2.75) is 38.5 Å². The summed E-state index contributed by atoms with van der Waals surface area (Å²) < 4.78 is 5.72. The topological polar surface area (TPSA) is 38.1 Å². The second-order valence-corrected chi connectivity index (χ2v) is 4.89. The molecule has 1 aliphatic heterocycles. The van der Waals surface area contributed by atoms with Gasteiger partial charge in [0.25, 0.3) is 0 Å². The van der Waals surface area contributed by atoms with E-state index >= 15 is 0 Å². The normalized spacial score (nSPS) is 26.1. The molecule has 0 radical (unpaired) electrons. The molecule has 1 aliphatic carbocycles. The Balaban J connectivity index is 1.72. The van der Waals surface area contributed by atoms with Crippen LogP contribution in [0.3, 0.4) is 0 Å². The number of oxazole rings is 1. The summed E-state index contributed by atoms with van der Waals surface area (Å²) in [4.78, 5) is 4.64. The van der Waals surface area contributed by atoms with Crippen LogP contribution in [0.5, 0.6) is 0 Å². The highest BCUT2D eigenvalue weighted by molar-refractivity contribution is 5.14. The van der Waals surface area contributed by atoms with Crippen LogP contribution in [0.1, 0.15) is 42.5 Å². The Morgan fingerprint density at radius 1 is 1.40 bits per heavy atom. The minimum Gasteiger partial charge on any atom is -0.445 e. The van der Waals surface area contributed by atoms with Crippen molar-refractivity contribution in [3.05, 3.63) is 17.3 Å². The molecule has 1 saturated heterocycles. The highest BCUT2D eigenvalue weighted by Crippen LogP contribution is 2.40. The van der Waals surface area contributed by atoms with Crippen molar-refractivity contribution in [3.8, 4) is 0 Å². The Morgan fingerprint density at radius 3 is 2.93 bits per heavy atom. The van der Waals surface area contributed by atoms with Crippen molar-refractivity contribution in [1.82, 2.24) is 10.3 Å². The number of aromatic nitrogens is 1. The van der Waals surface area contributed by atoms with Gasteiger partial charge in [0, 0.05) is 5.92 Å². The summed E-state index contributed by atoms with van der Waals surface area (Å²) >= 11 is 0. The van der Waals surface area contributed by atoms with E-state index in [1.807, 2.05) is 0 Å². The molecule has 1 aromatic rings. The maximum absolute atomic E-state index is 5.72. The van der Waals surface area contributed by atoms with E-state index in [0.29, 0.717) is 5.92 Å². The fourth-order valence-corrected chi connectivity index (χ4v) is 2.31. The second kappa shape index (κ2) is 3.63. The number of hydrogen-bond donors (Lipinski definition) is 1. The van der Waals surface area contributed by atoms with Gasteiger partial charge in [-0.05, 0) is 51.6 Å². The molecule has 1 unspecified atom stereocenters. The lowest BCUT2D eigenvalue weighted by molar-refractivity contribution is 0.470. The third-order valence-corrected chi connectivity index (χ3v) is 3.48. The summed E-state index contributed by atoms with van der Waals surface area (Å²) in [6.07, 6.45) is 4.91. The van der Waals surface area contributed by atoms with Crippen LogP contribution in [0.15, 0.2) is 4.42 Å². The predicted octanol–water partition coefficient (Wildman–Crippen LogP) is 2.01. The number of aryl methyl sites for hydroxylation is 1. The maximum atomic E-state index is 5.72. The fraction of sp³-hybridized carbons (Fsp3) is 0.750. The molecule has 15 heavy (non-hydrogen) atoms. The predicted molar refractivity (Wildman–Crippen MR) is 57.9 cm³/mol. The van der Waals surface area contributed by atoms with Gasteiger partial charge in [0.2, 0.25) is 0 Å². The summed E-state index contributed by atoms with van der Waals surface area (Å²) in [6, 6.07) is 0. The third kappa shape index (κ3) is 1.93. The van der Waals surface area contributed by atoms with Crippen LogP contribution in [-0.2, 0) is 6.42 Å². The van der Waals surface area contributed by atoms with Crippen molar-refractivity contribution in [2.24, 2.45) is 5.92 Å². The van der Waals surface area contributed by atoms with Crippen LogP contribution < -0.4 is 5.32 Å². The van der Waals surface area contributed by atoms with Gasteiger partial charge in [-0.2, -0.15) is 0 Å². The molecular formula is C12H18N2O. The molecule has 1 saturated carbocycles. The summed E-state index contributed by atoms with van der Waals surface area (Å²) in [6.45, 7) is 4.36. The lowest BCUT2D eigenvalue weighted by Gasteiger charge is -2.04. The Bertz CT molecular complexity index is 349. The average molecular weight is 206 g/mol. The van der Waals surface area contributed by atoms with Crippen molar-refractivity contribution in [3.63, 3.8) is 0 Å². The molecule has 0 aromatic carbocycles. The fourth-order valence-electron chi connectivity index (χ4n) is 2.31. The van der Waals surface area contributed by atoms with E-state index in [0.717, 1.165) is 37.1 Å². The zero-order chi connectivity index (χ0) is 10.3. The zero-order valence-corrected chi connectivity index (χ0v) is 9.25. The van der Waals surface area contributed by atoms with Gasteiger partial charge >= 0.3 is 0 Å². The van der Waals surface area contributed by atoms with Gasteiger partial charge in [-0.15, -0.1) is 0 Å². The third-order valence-electron chi connectivity index (χ3n) is 3.48. The van der Waals surface area contributed by atoms with Gasteiger partial charge in [-0.25, -0.2) is 4.98 Å². The van der Waals surface area contributed by atoms with Crippen LogP contribution in [0.2, 0.25) is 0 Å². The Kier molecular flexibility index (Phi) is 2.28. The monoisotopic (exact) mass is 206 g/mol. The Morgan fingerprint density at radius 2 is 2.27 bits per heavy atom. The van der Waals surface area contributed by atoms with Crippen LogP contribution in [0.25, 0.3) is 0 Å². The number of nitrogens with zero attached hydrogens (tertiary/aromatic N) is 1. The van der Waals surface area contributed by atoms with Crippen LogP contribution in [0, 0.1) is 12.8 Å². The maximum Gasteiger partial charge on any atom is 0.197 e. The van der Waals surface area contributed by atoms with Gasteiger partial charge in [0.1, 0.15) is 5.76 Å². The first-order chi connectivity index (χ1) is 7.33. The van der Waals surface area contributed by atoms with Crippen molar-refractivity contribution < 1.29 is 4.42 Å². The van der Waals surface area contributed by atoms with E-state index in [1.54, 1.807) is 0 Å². The minimum atomic E-state index is 0.638. The van der Waals surface area contributed by atoms with Crippen molar-refractivity contribution in [1.29, 1.82) is 0 Å². The molecule has 2 heterocycles. The first-order valence-corrected chi connectivity index (χ1v) is 6.00. The molecule has 3 nitrogen and oxygen atoms in total. The van der Waals surface area contributed by atoms with Crippen LogP contribution in [-0.4, -0.2) is 18.1 Å². The molecule has 3 rings (SSSR count). The lowest BCUT2D eigenvalue weighted by atomic mass is 10.0. The molecule has 2 aliphatic rings. The summed E-state index contributed by atoms with van der Waals surface area (Å²) in [5.74, 6) is 3.44. The van der Waals surface area contributed by atoms with Gasteiger partial charge < -0.3 is 9.73 Å². The number of hydrogen-bond acceptors (Lipinski definition) is 3. The smallest absolute Gasteiger partial charge is 0.197 e. The summed E-state index contributed by atoms with van der Waals surface area (Å²) in [7, 11) is 0. The Hall–Kier alpha value is -0.830. The molecule has 2 fully saturated rings. The highest BCUT2D eigenvalue weighted by Gasteiger charge is 2.30. The molecule has 0 bridgehead atoms. The molecule has 0 amide bonds. The van der Waals surface area contributed by atoms with Gasteiger partial charge in [-0.1, -0.05) is 0 Å². The van der Waals surface area contributed by atoms with E-state index in [2.05, 4.69) is 17.2 Å². The van der Waals surface area contributed by atoms with Crippen molar-refractivity contribution in [2.75, 3.05) is 13.1 Å². The molecule has 82 valence electrons. The van der Waals surface area contributed by atoms with E-state index < -0.39 is 0 Å². The molecule has 1 atom stereocenters. The lowest BCUT2D eigenvalue weighted by Crippen LogP contribution is -2.11. The Labute approximate surface area is 90.3 Å². The zero-order valence-electron chi connectivity index (χ0n) is 9.25. The molecule has 1 aromatic heterocycles. The van der Waals surface area contributed by atoms with Crippen LogP contribution >= 0.6 is 0 Å². The van der Waals surface area contributed by atoms with E-state index in [9.17, 15) is 0 Å². The van der Waals surface area contributed by atoms with E-state index in [4.69, 9.17) is 4.42 Å². The highest BCUT2D eigenvalue weighted by atomic mass is 16.4. The summed E-state index contributed by atoms with van der Waals surface area (Å²) in [5, 5.41) is 3.40. The van der Waals surface area contributed by atoms with Gasteiger partial charge in [0.15, 0.2) is 5.89 Å². The SMILES string of the molecule is Cc1oc(C2CC2)nc1CC1CCNC1. The standard InChI is InChI=1S/C12H18N2O/c1-8-11(6-9-4-5-13-7-9)14-12(15-8)10-2-3-10/h9-10,13H,2-7H2,1H3. The van der Waals surface area contributed by atoms with Crippen molar-refractivity contribution >= 4 is 0 Å². The molecular weight excluding hydrogens is 188 g/mol. The molecule has 1 N–H and O–H groups in total. The van der Waals surface area contributed by atoms with Crippen LogP contribution in [0.4, 0.5) is 0 Å². The summed E-state index contributed by atoms with van der Waals surface area (Å²) in [5.41, 5.74) is 1.20. The number of rotatable bonds is 3. The largest absolute Gasteiger partial charge is 0.445 e. The molecule has 3 heteroatoms. The molecule has 0 spiro atoms. The van der Waals surface area contributed by atoms with E-state index in [-0.39, 0.29) is 0 Å². The average Bonchev–Trinajstić information content (AvgIpc) is 2.84.